The van der Waals surface area contributed by atoms with Gasteiger partial charge in [-0.3, -0.25) is 23.6 Å². The second kappa shape index (κ2) is 12.8. The quantitative estimate of drug-likeness (QED) is 0.154. The molecule has 1 amide bonds. The van der Waals surface area contributed by atoms with Crippen molar-refractivity contribution in [2.45, 2.75) is 50.0 Å². The first-order valence-electron chi connectivity index (χ1n) is 17.0. The largest absolute Gasteiger partial charge is 0.368 e. The summed E-state index contributed by atoms with van der Waals surface area (Å²) in [6, 6.07) is 7.64. The van der Waals surface area contributed by atoms with Crippen LogP contribution < -0.4 is 16.0 Å². The Bertz CT molecular complexity index is 2820. The van der Waals surface area contributed by atoms with Crippen molar-refractivity contribution in [1.29, 1.82) is 0 Å². The lowest BCUT2D eigenvalue weighted by molar-refractivity contribution is -0.122. The number of primary amides is 1. The van der Waals surface area contributed by atoms with Crippen molar-refractivity contribution in [3.8, 4) is 5.69 Å². The number of para-hydroxylation sites is 1. The number of carbonyl (C=O) groups excluding carboxylic acids is 1. The van der Waals surface area contributed by atoms with Gasteiger partial charge in [0.1, 0.15) is 34.9 Å². The number of amides is 1. The number of alkyl halides is 4. The lowest BCUT2D eigenvalue weighted by atomic mass is 9.89. The number of rotatable bonds is 10. The van der Waals surface area contributed by atoms with E-state index in [2.05, 4.69) is 14.9 Å². The first-order chi connectivity index (χ1) is 26.3. The molecule has 2 aliphatic rings. The minimum atomic E-state index is -3.93. The van der Waals surface area contributed by atoms with Crippen molar-refractivity contribution in [3.63, 3.8) is 0 Å². The molecule has 0 radical (unpaired) electrons. The van der Waals surface area contributed by atoms with E-state index in [1.807, 2.05) is 0 Å². The van der Waals surface area contributed by atoms with Crippen molar-refractivity contribution >= 4 is 55.2 Å². The zero-order valence-corrected chi connectivity index (χ0v) is 30.9. The van der Waals surface area contributed by atoms with Gasteiger partial charge in [-0.25, -0.2) is 35.6 Å². The summed E-state index contributed by atoms with van der Waals surface area (Å²) in [5.74, 6) is -11.8. The van der Waals surface area contributed by atoms with Crippen molar-refractivity contribution in [3.05, 3.63) is 109 Å². The van der Waals surface area contributed by atoms with Crippen molar-refractivity contribution < 1.29 is 39.6 Å². The Kier molecular flexibility index (Phi) is 8.57. The zero-order chi connectivity index (χ0) is 40.3. The molecule has 0 aliphatic heterocycles. The van der Waals surface area contributed by atoms with Crippen LogP contribution in [0.4, 0.5) is 32.2 Å². The number of nitrogens with zero attached hydrogens (tertiary/aromatic N) is 6. The van der Waals surface area contributed by atoms with Crippen LogP contribution >= 0.6 is 11.6 Å². The number of hydrogen-bond acceptors (Lipinski definition) is 7. The van der Waals surface area contributed by atoms with Crippen molar-refractivity contribution in [1.82, 2.24) is 29.1 Å². The summed E-state index contributed by atoms with van der Waals surface area (Å²) in [6.45, 7) is 1.62. The van der Waals surface area contributed by atoms with Gasteiger partial charge in [-0.2, -0.15) is 19.0 Å². The molecule has 4 atom stereocenters. The maximum atomic E-state index is 16.1. The second-order valence-electron chi connectivity index (χ2n) is 14.1. The van der Waals surface area contributed by atoms with Crippen molar-refractivity contribution in [2.24, 2.45) is 18.7 Å². The monoisotopic (exact) mass is 818 g/mol. The fourth-order valence-electron chi connectivity index (χ4n) is 8.07. The highest BCUT2D eigenvalue weighted by molar-refractivity contribution is 7.92. The van der Waals surface area contributed by atoms with E-state index >= 15 is 8.78 Å². The number of nitrogens with one attached hydrogen (secondary N) is 1. The fourth-order valence-corrected chi connectivity index (χ4v) is 8.80. The molecule has 8 rings (SSSR count). The van der Waals surface area contributed by atoms with Gasteiger partial charge in [0, 0.05) is 24.6 Å². The third kappa shape index (κ3) is 5.89. The van der Waals surface area contributed by atoms with Crippen LogP contribution in [0.1, 0.15) is 64.6 Å². The van der Waals surface area contributed by atoms with Gasteiger partial charge in [0.2, 0.25) is 15.9 Å². The van der Waals surface area contributed by atoms with Gasteiger partial charge in [0.15, 0.2) is 5.82 Å². The third-order valence-electron chi connectivity index (χ3n) is 10.3. The van der Waals surface area contributed by atoms with E-state index in [4.69, 9.17) is 22.3 Å². The zero-order valence-electron chi connectivity index (χ0n) is 29.4. The summed E-state index contributed by atoms with van der Waals surface area (Å²) in [5.41, 5.74) is 3.29. The van der Waals surface area contributed by atoms with E-state index in [9.17, 15) is 35.6 Å². The maximum absolute atomic E-state index is 16.1. The Morgan fingerprint density at radius 2 is 1.80 bits per heavy atom. The number of aryl methyl sites for hydroxylation is 2. The van der Waals surface area contributed by atoms with Gasteiger partial charge in [-0.1, -0.05) is 23.7 Å². The molecule has 3 aromatic heterocycles. The van der Waals surface area contributed by atoms with Gasteiger partial charge < -0.3 is 5.73 Å². The number of fused-ring (bicyclic) bond motifs is 5. The molecule has 6 aromatic rings. The van der Waals surface area contributed by atoms with Gasteiger partial charge in [0.25, 0.3) is 17.9 Å². The smallest absolute Gasteiger partial charge is 0.293 e. The normalized spacial score (nSPS) is 18.3. The average molecular weight is 819 g/mol. The molecule has 0 spiro atoms. The lowest BCUT2D eigenvalue weighted by Gasteiger charge is -2.30. The Hall–Kier alpha value is -5.43. The van der Waals surface area contributed by atoms with Crippen LogP contribution in [0.2, 0.25) is 5.02 Å². The summed E-state index contributed by atoms with van der Waals surface area (Å²) in [6.07, 6.45) is -3.15. The molecule has 3 aromatic carbocycles. The van der Waals surface area contributed by atoms with Crippen molar-refractivity contribution in [2.75, 3.05) is 11.0 Å². The molecular weight excluding hydrogens is 790 g/mol. The molecule has 1 saturated carbocycles. The number of benzene rings is 3. The number of anilines is 1. The molecule has 3 N–H and O–H groups in total. The first kappa shape index (κ1) is 37.5. The molecule has 2 aliphatic carbocycles. The van der Waals surface area contributed by atoms with Crippen LogP contribution in [0.5, 0.6) is 0 Å². The SMILES string of the molecule is Cc1cccc2c(=O)n(-c3ccc(Cl)c4c(NS(C)(=O)=O)nn(C)c34)c([C@@H](Cc3cc(F)cc(F)c3)C(C(N)=O)n3nc(C(F)F)c4c3C(F)(F)[C@@H]3C[C@H]43)nc12. The molecule has 12 nitrogen and oxygen atoms in total. The molecule has 1 fully saturated rings. The summed E-state index contributed by atoms with van der Waals surface area (Å²) in [7, 11) is -2.51. The highest BCUT2D eigenvalue weighted by Crippen LogP contribution is 2.68. The third-order valence-corrected chi connectivity index (χ3v) is 11.2. The highest BCUT2D eigenvalue weighted by Gasteiger charge is 2.67. The molecular formula is C36H29ClF6N8O4S. The van der Waals surface area contributed by atoms with E-state index in [0.717, 1.165) is 23.0 Å². The predicted molar refractivity (Wildman–Crippen MR) is 193 cm³/mol. The molecule has 0 bridgehead atoms. The molecule has 56 heavy (non-hydrogen) atoms. The van der Waals surface area contributed by atoms with Crippen LogP contribution in [-0.4, -0.2) is 49.7 Å². The standard InChI is InChI=1S/C36H29ClF6N8O4S/c1-14-5-4-6-18-26(14)45-34(50(35(18)53)23-8-7-22(37)25-29(23)49(2)47-33(25)48-56(3,54)55)20(11-15-9-16(38)12-17(39)10-15)28(32(44)52)51-30-24(27(46-51)31(40)41)19-13-21(19)36(30,42)43/h4-10,12,19-21,28,31H,11,13H2,1-3H3,(H2,44,52)(H,47,48)/t19-,20-,21+,28?/m0/s1. The van der Waals surface area contributed by atoms with Crippen LogP contribution in [0.3, 0.4) is 0 Å². The predicted octanol–water partition coefficient (Wildman–Crippen LogP) is 6.28. The van der Waals surface area contributed by atoms with Gasteiger partial charge >= 0.3 is 0 Å². The molecule has 3 heterocycles. The number of hydrogen-bond donors (Lipinski definition) is 2. The summed E-state index contributed by atoms with van der Waals surface area (Å²) in [4.78, 5) is 33.5. The van der Waals surface area contributed by atoms with E-state index in [-0.39, 0.29) is 56.1 Å². The van der Waals surface area contributed by atoms with Crippen LogP contribution in [0.25, 0.3) is 27.5 Å². The maximum Gasteiger partial charge on any atom is 0.293 e. The van der Waals surface area contributed by atoms with Gasteiger partial charge in [0.05, 0.1) is 44.7 Å². The van der Waals surface area contributed by atoms with E-state index in [1.165, 1.54) is 29.9 Å². The average Bonchev–Trinajstić information content (AvgIpc) is 3.62. The number of nitrogens with two attached hydrogens (primary N) is 1. The minimum Gasteiger partial charge on any atom is -0.368 e. The second-order valence-corrected chi connectivity index (χ2v) is 16.3. The van der Waals surface area contributed by atoms with E-state index in [1.54, 1.807) is 19.1 Å². The van der Waals surface area contributed by atoms with E-state index < -0.39 is 92.6 Å². The Morgan fingerprint density at radius 1 is 1.11 bits per heavy atom. The number of aromatic nitrogens is 6. The summed E-state index contributed by atoms with van der Waals surface area (Å²) >= 11 is 6.59. The summed E-state index contributed by atoms with van der Waals surface area (Å²) < 4.78 is 120. The van der Waals surface area contributed by atoms with Crippen LogP contribution in [0, 0.1) is 24.5 Å². The number of halogens is 7. The molecule has 292 valence electrons. The Balaban J connectivity index is 1.49. The van der Waals surface area contributed by atoms with Gasteiger partial charge in [-0.05, 0) is 67.1 Å². The molecule has 0 saturated heterocycles. The van der Waals surface area contributed by atoms with Crippen LogP contribution in [0.15, 0.2) is 53.3 Å². The Morgan fingerprint density at radius 3 is 2.45 bits per heavy atom. The minimum absolute atomic E-state index is 0.00332. The summed E-state index contributed by atoms with van der Waals surface area (Å²) in [5, 5.41) is 8.22. The first-order valence-corrected chi connectivity index (χ1v) is 19.2. The lowest BCUT2D eigenvalue weighted by Crippen LogP contribution is -2.39. The fraction of sp³-hybridized carbons (Fsp3) is 0.306. The number of carbonyl (C=O) groups is 1. The molecule has 1 unspecified atom stereocenters. The Labute approximate surface area is 317 Å². The number of sulfonamides is 1. The van der Waals surface area contributed by atoms with Gasteiger partial charge in [-0.15, -0.1) is 0 Å². The molecule has 20 heteroatoms. The topological polar surface area (TPSA) is 160 Å². The highest BCUT2D eigenvalue weighted by atomic mass is 35.5. The van der Waals surface area contributed by atoms with E-state index in [0.29, 0.717) is 16.3 Å². The van der Waals surface area contributed by atoms with Crippen LogP contribution in [-0.2, 0) is 34.2 Å².